The molecule has 2 aromatic rings. The van der Waals surface area contributed by atoms with Crippen molar-refractivity contribution < 1.29 is 14.3 Å². The van der Waals surface area contributed by atoms with Crippen LogP contribution >= 0.6 is 0 Å². The van der Waals surface area contributed by atoms with Crippen LogP contribution in [0, 0.1) is 0 Å². The number of benzene rings is 1. The van der Waals surface area contributed by atoms with Crippen LogP contribution in [0.4, 0.5) is 0 Å². The van der Waals surface area contributed by atoms with Gasteiger partial charge < -0.3 is 14.8 Å². The van der Waals surface area contributed by atoms with E-state index in [1.54, 1.807) is 30.6 Å². The van der Waals surface area contributed by atoms with Crippen molar-refractivity contribution in [3.8, 4) is 11.5 Å². The molecule has 0 spiro atoms. The third kappa shape index (κ3) is 2.85. The minimum Gasteiger partial charge on any atom is -0.490 e. The van der Waals surface area contributed by atoms with Crippen molar-refractivity contribution in [1.29, 1.82) is 0 Å². The molecule has 5 nitrogen and oxygen atoms in total. The van der Waals surface area contributed by atoms with Gasteiger partial charge in [0.25, 0.3) is 0 Å². The van der Waals surface area contributed by atoms with Crippen LogP contribution in [0.5, 0.6) is 11.5 Å². The number of rotatable bonds is 2. The number of aromatic nitrogens is 1. The van der Waals surface area contributed by atoms with Crippen molar-refractivity contribution in [3.63, 3.8) is 0 Å². The Balaban J connectivity index is 1.72. The third-order valence-corrected chi connectivity index (χ3v) is 4.19. The van der Waals surface area contributed by atoms with Gasteiger partial charge in [0.05, 0.1) is 13.2 Å². The van der Waals surface area contributed by atoms with E-state index in [0.29, 0.717) is 18.8 Å². The highest BCUT2D eigenvalue weighted by molar-refractivity contribution is 6.08. The van der Waals surface area contributed by atoms with Gasteiger partial charge in [0.2, 0.25) is 0 Å². The molecule has 2 aliphatic heterocycles. The molecule has 1 aromatic heterocycles. The normalized spacial score (nSPS) is 17.6. The van der Waals surface area contributed by atoms with Gasteiger partial charge in [-0.05, 0) is 36.2 Å². The van der Waals surface area contributed by atoms with E-state index in [1.165, 1.54) is 5.56 Å². The standard InChI is InChI=1S/C19H18N2O3/c22-17(14-3-1-5-20-12-14)11-16-15-10-19-18(23-7-2-8-24-19)9-13(15)4-6-21-16/h1,3,5,9-12,21H,2,4,6-8H2/b16-11+. The Morgan fingerprint density at radius 1 is 1.21 bits per heavy atom. The summed E-state index contributed by atoms with van der Waals surface area (Å²) in [5.41, 5.74) is 3.57. The molecule has 0 saturated heterocycles. The van der Waals surface area contributed by atoms with E-state index in [4.69, 9.17) is 9.47 Å². The largest absolute Gasteiger partial charge is 0.490 e. The zero-order chi connectivity index (χ0) is 16.4. The van der Waals surface area contributed by atoms with Crippen LogP contribution in [0.2, 0.25) is 0 Å². The highest BCUT2D eigenvalue weighted by Gasteiger charge is 2.20. The van der Waals surface area contributed by atoms with E-state index in [9.17, 15) is 4.79 Å². The summed E-state index contributed by atoms with van der Waals surface area (Å²) in [4.78, 5) is 16.5. The average Bonchev–Trinajstić information content (AvgIpc) is 2.86. The second-order valence-electron chi connectivity index (χ2n) is 5.85. The first kappa shape index (κ1) is 14.8. The molecule has 24 heavy (non-hydrogen) atoms. The number of ketones is 1. The van der Waals surface area contributed by atoms with Crippen molar-refractivity contribution in [2.24, 2.45) is 0 Å². The summed E-state index contributed by atoms with van der Waals surface area (Å²) in [6.07, 6.45) is 6.64. The van der Waals surface area contributed by atoms with Crippen molar-refractivity contribution in [3.05, 3.63) is 59.4 Å². The van der Waals surface area contributed by atoms with Crippen LogP contribution in [0.25, 0.3) is 5.70 Å². The predicted molar refractivity (Wildman–Crippen MR) is 90.3 cm³/mol. The van der Waals surface area contributed by atoms with Crippen LogP contribution in [0.3, 0.4) is 0 Å². The Morgan fingerprint density at radius 3 is 2.83 bits per heavy atom. The fourth-order valence-corrected chi connectivity index (χ4v) is 2.99. The zero-order valence-corrected chi connectivity index (χ0v) is 13.2. The van der Waals surface area contributed by atoms with E-state index in [-0.39, 0.29) is 5.78 Å². The lowest BCUT2D eigenvalue weighted by atomic mass is 9.96. The summed E-state index contributed by atoms with van der Waals surface area (Å²) < 4.78 is 11.5. The number of hydrogen-bond acceptors (Lipinski definition) is 5. The summed E-state index contributed by atoms with van der Waals surface area (Å²) in [5, 5.41) is 3.32. The molecule has 122 valence electrons. The smallest absolute Gasteiger partial charge is 0.189 e. The Morgan fingerprint density at radius 2 is 2.04 bits per heavy atom. The van der Waals surface area contributed by atoms with Gasteiger partial charge in [0.15, 0.2) is 17.3 Å². The molecular weight excluding hydrogens is 304 g/mol. The number of pyridine rings is 1. The average molecular weight is 322 g/mol. The zero-order valence-electron chi connectivity index (χ0n) is 13.2. The molecule has 4 rings (SSSR count). The third-order valence-electron chi connectivity index (χ3n) is 4.19. The molecular formula is C19H18N2O3. The predicted octanol–water partition coefficient (Wildman–Crippen LogP) is 2.61. The fraction of sp³-hybridized carbons (Fsp3) is 0.263. The first-order valence-electron chi connectivity index (χ1n) is 8.14. The lowest BCUT2D eigenvalue weighted by molar-refractivity contribution is 0.104. The van der Waals surface area contributed by atoms with Gasteiger partial charge in [-0.25, -0.2) is 0 Å². The van der Waals surface area contributed by atoms with Crippen LogP contribution in [-0.4, -0.2) is 30.5 Å². The summed E-state index contributed by atoms with van der Waals surface area (Å²) in [7, 11) is 0. The maximum absolute atomic E-state index is 12.5. The second-order valence-corrected chi connectivity index (χ2v) is 5.85. The number of nitrogens with one attached hydrogen (secondary N) is 1. The van der Waals surface area contributed by atoms with Gasteiger partial charge in [-0.3, -0.25) is 9.78 Å². The Bertz CT molecular complexity index is 800. The van der Waals surface area contributed by atoms with Gasteiger partial charge in [0.1, 0.15) is 0 Å². The number of fused-ring (bicyclic) bond motifs is 2. The van der Waals surface area contributed by atoms with Crippen LogP contribution < -0.4 is 14.8 Å². The van der Waals surface area contributed by atoms with Gasteiger partial charge >= 0.3 is 0 Å². The summed E-state index contributed by atoms with van der Waals surface area (Å²) in [6, 6.07) is 7.55. The minimum atomic E-state index is -0.0643. The minimum absolute atomic E-state index is 0.0643. The number of carbonyl (C=O) groups excluding carboxylic acids is 1. The Labute approximate surface area is 140 Å². The highest BCUT2D eigenvalue weighted by atomic mass is 16.5. The molecule has 5 heteroatoms. The Kier molecular flexibility index (Phi) is 3.91. The number of ether oxygens (including phenoxy) is 2. The monoisotopic (exact) mass is 322 g/mol. The molecule has 1 aromatic carbocycles. The SMILES string of the molecule is O=C(/C=C1/NCCc2cc3c(cc21)OCCCO3)c1cccnc1. The highest BCUT2D eigenvalue weighted by Crippen LogP contribution is 2.36. The molecule has 0 atom stereocenters. The first-order chi connectivity index (χ1) is 11.8. The molecule has 0 unspecified atom stereocenters. The lowest BCUT2D eigenvalue weighted by Gasteiger charge is -2.23. The lowest BCUT2D eigenvalue weighted by Crippen LogP contribution is -2.23. The van der Waals surface area contributed by atoms with Crippen LogP contribution in [0.1, 0.15) is 27.9 Å². The summed E-state index contributed by atoms with van der Waals surface area (Å²) in [6.45, 7) is 2.11. The molecule has 2 aliphatic rings. The second kappa shape index (κ2) is 6.35. The van der Waals surface area contributed by atoms with Crippen LogP contribution in [-0.2, 0) is 6.42 Å². The Hall–Kier alpha value is -2.82. The molecule has 0 bridgehead atoms. The van der Waals surface area contributed by atoms with Crippen molar-refractivity contribution in [2.75, 3.05) is 19.8 Å². The number of allylic oxidation sites excluding steroid dienone is 1. The molecule has 1 N–H and O–H groups in total. The number of nitrogens with zero attached hydrogens (tertiary/aromatic N) is 1. The maximum atomic E-state index is 12.5. The molecule has 3 heterocycles. The van der Waals surface area contributed by atoms with Gasteiger partial charge in [-0.15, -0.1) is 0 Å². The summed E-state index contributed by atoms with van der Waals surface area (Å²) in [5.74, 6) is 1.48. The number of hydrogen-bond donors (Lipinski definition) is 1. The molecule has 0 fully saturated rings. The quantitative estimate of drug-likeness (QED) is 0.680. The first-order valence-corrected chi connectivity index (χ1v) is 8.14. The molecule has 0 aliphatic carbocycles. The topological polar surface area (TPSA) is 60.5 Å². The van der Waals surface area contributed by atoms with E-state index >= 15 is 0 Å². The molecule has 0 radical (unpaired) electrons. The molecule has 0 amide bonds. The van der Waals surface area contributed by atoms with E-state index in [1.807, 2.05) is 12.1 Å². The van der Waals surface area contributed by atoms with Gasteiger partial charge in [-0.2, -0.15) is 0 Å². The van der Waals surface area contributed by atoms with Gasteiger partial charge in [0, 0.05) is 48.3 Å². The summed E-state index contributed by atoms with van der Waals surface area (Å²) >= 11 is 0. The van der Waals surface area contributed by atoms with Crippen LogP contribution in [0.15, 0.2) is 42.7 Å². The molecule has 0 saturated carbocycles. The maximum Gasteiger partial charge on any atom is 0.189 e. The van der Waals surface area contributed by atoms with E-state index in [2.05, 4.69) is 10.3 Å². The number of carbonyl (C=O) groups is 1. The fourth-order valence-electron chi connectivity index (χ4n) is 2.99. The van der Waals surface area contributed by atoms with E-state index < -0.39 is 0 Å². The van der Waals surface area contributed by atoms with E-state index in [0.717, 1.165) is 42.1 Å². The van der Waals surface area contributed by atoms with Crippen molar-refractivity contribution in [1.82, 2.24) is 10.3 Å². The van der Waals surface area contributed by atoms with Gasteiger partial charge in [-0.1, -0.05) is 0 Å². The van der Waals surface area contributed by atoms with Crippen molar-refractivity contribution in [2.45, 2.75) is 12.8 Å². The van der Waals surface area contributed by atoms with Crippen molar-refractivity contribution >= 4 is 11.5 Å².